The van der Waals surface area contributed by atoms with Gasteiger partial charge in [-0.3, -0.25) is 0 Å². The molecule has 0 unspecified atom stereocenters. The van der Waals surface area contributed by atoms with Gasteiger partial charge in [-0.15, -0.1) is 0 Å². The highest BCUT2D eigenvalue weighted by molar-refractivity contribution is 5.58. The molecule has 2 rings (SSSR count). The maximum atomic E-state index is 12.9. The van der Waals surface area contributed by atoms with Crippen molar-refractivity contribution in [3.05, 3.63) is 23.8 Å². The van der Waals surface area contributed by atoms with E-state index in [1.165, 1.54) is 38.2 Å². The lowest BCUT2D eigenvalue weighted by atomic mass is 9.87. The maximum Gasteiger partial charge on any atom is 0.265 e. The Morgan fingerprint density at radius 2 is 1.95 bits per heavy atom. The van der Waals surface area contributed by atoms with Crippen molar-refractivity contribution in [2.75, 3.05) is 17.6 Å². The van der Waals surface area contributed by atoms with Gasteiger partial charge in [0.05, 0.1) is 0 Å². The first-order valence-corrected chi connectivity index (χ1v) is 7.08. The van der Waals surface area contributed by atoms with Crippen LogP contribution in [0.15, 0.2) is 18.2 Å². The van der Waals surface area contributed by atoms with Crippen molar-refractivity contribution in [3.63, 3.8) is 0 Å². The molecule has 0 atom stereocenters. The molecule has 0 radical (unpaired) electrons. The smallest absolute Gasteiger partial charge is 0.265 e. The summed E-state index contributed by atoms with van der Waals surface area (Å²) in [5.74, 6) is 0.755. The zero-order chi connectivity index (χ0) is 13.7. The third-order valence-electron chi connectivity index (χ3n) is 3.90. The number of hydrogen-bond acceptors (Lipinski definition) is 2. The SMILES string of the molecule is Nc1ccc(NCCC2CCCCC2)c(C(F)F)c1. The van der Waals surface area contributed by atoms with Crippen LogP contribution in [0, 0.1) is 5.92 Å². The van der Waals surface area contributed by atoms with Gasteiger partial charge in [0.2, 0.25) is 0 Å². The van der Waals surface area contributed by atoms with Gasteiger partial charge in [0.1, 0.15) is 0 Å². The summed E-state index contributed by atoms with van der Waals surface area (Å²) in [5.41, 5.74) is 6.45. The summed E-state index contributed by atoms with van der Waals surface area (Å²) in [5, 5.41) is 3.13. The first kappa shape index (κ1) is 14.1. The number of anilines is 2. The van der Waals surface area contributed by atoms with Crippen molar-refractivity contribution in [2.24, 2.45) is 5.92 Å². The van der Waals surface area contributed by atoms with Gasteiger partial charge in [0.15, 0.2) is 0 Å². The standard InChI is InChI=1S/C15H22F2N2/c16-15(17)13-10-12(18)6-7-14(13)19-9-8-11-4-2-1-3-5-11/h6-7,10-11,15,19H,1-5,8-9,18H2. The molecule has 0 heterocycles. The number of halogens is 2. The molecule has 1 aliphatic carbocycles. The molecular weight excluding hydrogens is 246 g/mol. The number of benzene rings is 1. The van der Waals surface area contributed by atoms with Gasteiger partial charge >= 0.3 is 0 Å². The van der Waals surface area contributed by atoms with Crippen molar-refractivity contribution in [3.8, 4) is 0 Å². The Labute approximate surface area is 113 Å². The summed E-state index contributed by atoms with van der Waals surface area (Å²) < 4.78 is 25.8. The van der Waals surface area contributed by atoms with Crippen LogP contribution in [0.2, 0.25) is 0 Å². The van der Waals surface area contributed by atoms with Crippen LogP contribution in [-0.4, -0.2) is 6.54 Å². The minimum Gasteiger partial charge on any atom is -0.399 e. The summed E-state index contributed by atoms with van der Waals surface area (Å²) in [7, 11) is 0. The van der Waals surface area contributed by atoms with Crippen molar-refractivity contribution < 1.29 is 8.78 Å². The highest BCUT2D eigenvalue weighted by Gasteiger charge is 2.15. The van der Waals surface area contributed by atoms with E-state index in [0.717, 1.165) is 18.9 Å². The largest absolute Gasteiger partial charge is 0.399 e. The first-order chi connectivity index (χ1) is 9.16. The van der Waals surface area contributed by atoms with Gasteiger partial charge in [-0.05, 0) is 30.5 Å². The van der Waals surface area contributed by atoms with E-state index in [4.69, 9.17) is 5.73 Å². The molecule has 1 aromatic rings. The molecule has 2 nitrogen and oxygen atoms in total. The van der Waals surface area contributed by atoms with Crippen LogP contribution in [0.4, 0.5) is 20.2 Å². The van der Waals surface area contributed by atoms with Gasteiger partial charge in [-0.25, -0.2) is 8.78 Å². The van der Waals surface area contributed by atoms with E-state index < -0.39 is 6.43 Å². The van der Waals surface area contributed by atoms with E-state index in [1.54, 1.807) is 12.1 Å². The Morgan fingerprint density at radius 3 is 2.63 bits per heavy atom. The molecule has 1 aliphatic rings. The number of alkyl halides is 2. The second kappa shape index (κ2) is 6.73. The number of hydrogen-bond donors (Lipinski definition) is 2. The van der Waals surface area contributed by atoms with E-state index in [-0.39, 0.29) is 5.56 Å². The minimum absolute atomic E-state index is 0.00337. The molecule has 1 aromatic carbocycles. The summed E-state index contributed by atoms with van der Waals surface area (Å²) in [6.07, 6.45) is 5.12. The van der Waals surface area contributed by atoms with Gasteiger partial charge < -0.3 is 11.1 Å². The maximum absolute atomic E-state index is 12.9. The fraction of sp³-hybridized carbons (Fsp3) is 0.600. The van der Waals surface area contributed by atoms with E-state index >= 15 is 0 Å². The topological polar surface area (TPSA) is 38.0 Å². The van der Waals surface area contributed by atoms with Crippen LogP contribution in [-0.2, 0) is 0 Å². The van der Waals surface area contributed by atoms with E-state index in [2.05, 4.69) is 5.32 Å². The van der Waals surface area contributed by atoms with Crippen molar-refractivity contribution in [1.29, 1.82) is 0 Å². The Bertz CT molecular complexity index is 401. The summed E-state index contributed by atoms with van der Waals surface area (Å²) >= 11 is 0. The molecule has 4 heteroatoms. The molecule has 1 fully saturated rings. The van der Waals surface area contributed by atoms with Gasteiger partial charge in [0, 0.05) is 23.5 Å². The Hall–Kier alpha value is -1.32. The fourth-order valence-corrected chi connectivity index (χ4v) is 2.81. The van der Waals surface area contributed by atoms with E-state index in [0.29, 0.717) is 11.4 Å². The number of nitrogens with two attached hydrogens (primary N) is 1. The van der Waals surface area contributed by atoms with Crippen LogP contribution in [0.3, 0.4) is 0 Å². The molecule has 0 amide bonds. The lowest BCUT2D eigenvalue weighted by Gasteiger charge is -2.22. The predicted molar refractivity (Wildman–Crippen MR) is 75.5 cm³/mol. The van der Waals surface area contributed by atoms with Crippen molar-refractivity contribution in [1.82, 2.24) is 0 Å². The average molecular weight is 268 g/mol. The summed E-state index contributed by atoms with van der Waals surface area (Å²) in [6, 6.07) is 4.67. The summed E-state index contributed by atoms with van der Waals surface area (Å²) in [6.45, 7) is 0.758. The Balaban J connectivity index is 1.88. The molecule has 0 aliphatic heterocycles. The predicted octanol–water partition coefficient (Wildman–Crippen LogP) is 4.59. The molecule has 19 heavy (non-hydrogen) atoms. The second-order valence-corrected chi connectivity index (χ2v) is 5.37. The van der Waals surface area contributed by atoms with Gasteiger partial charge in [-0.1, -0.05) is 32.1 Å². The highest BCUT2D eigenvalue weighted by Crippen LogP contribution is 2.30. The van der Waals surface area contributed by atoms with Crippen LogP contribution in [0.1, 0.15) is 50.5 Å². The molecule has 3 N–H and O–H groups in total. The van der Waals surface area contributed by atoms with Crippen LogP contribution in [0.5, 0.6) is 0 Å². The molecular formula is C15H22F2N2. The van der Waals surface area contributed by atoms with Crippen LogP contribution < -0.4 is 11.1 Å². The third-order valence-corrected chi connectivity index (χ3v) is 3.90. The van der Waals surface area contributed by atoms with Crippen molar-refractivity contribution >= 4 is 11.4 Å². The number of rotatable bonds is 5. The second-order valence-electron chi connectivity index (χ2n) is 5.37. The van der Waals surface area contributed by atoms with Crippen LogP contribution in [0.25, 0.3) is 0 Å². The molecule has 106 valence electrons. The normalized spacial score (nSPS) is 16.8. The lowest BCUT2D eigenvalue weighted by Crippen LogP contribution is -2.13. The Kier molecular flexibility index (Phi) is 5.00. The van der Waals surface area contributed by atoms with Gasteiger partial charge in [0.25, 0.3) is 6.43 Å². The Morgan fingerprint density at radius 1 is 1.21 bits per heavy atom. The highest BCUT2D eigenvalue weighted by atomic mass is 19.3. The zero-order valence-corrected chi connectivity index (χ0v) is 11.2. The van der Waals surface area contributed by atoms with Crippen molar-refractivity contribution in [2.45, 2.75) is 45.0 Å². The molecule has 0 bridgehead atoms. The van der Waals surface area contributed by atoms with Crippen LogP contribution >= 0.6 is 0 Å². The third kappa shape index (κ3) is 4.08. The zero-order valence-electron chi connectivity index (χ0n) is 11.2. The molecule has 0 saturated heterocycles. The monoisotopic (exact) mass is 268 g/mol. The quantitative estimate of drug-likeness (QED) is 0.766. The number of nitrogens with one attached hydrogen (secondary N) is 1. The summed E-state index contributed by atoms with van der Waals surface area (Å²) in [4.78, 5) is 0. The minimum atomic E-state index is -2.49. The molecule has 0 spiro atoms. The fourth-order valence-electron chi connectivity index (χ4n) is 2.81. The first-order valence-electron chi connectivity index (χ1n) is 7.08. The molecule has 1 saturated carbocycles. The lowest BCUT2D eigenvalue weighted by molar-refractivity contribution is 0.152. The number of nitrogen functional groups attached to an aromatic ring is 1. The van der Waals surface area contributed by atoms with E-state index in [1.807, 2.05) is 0 Å². The molecule has 0 aromatic heterocycles. The van der Waals surface area contributed by atoms with Gasteiger partial charge in [-0.2, -0.15) is 0 Å². The van der Waals surface area contributed by atoms with E-state index in [9.17, 15) is 8.78 Å². The average Bonchev–Trinajstić information content (AvgIpc) is 2.41.